The normalized spacial score (nSPS) is 16.4. The lowest BCUT2D eigenvalue weighted by atomic mass is 9.85. The molecule has 0 saturated carbocycles. The second-order valence-corrected chi connectivity index (χ2v) is 14.5. The number of carbonyl (C=O) groups is 1. The molecule has 0 aliphatic carbocycles. The SMILES string of the molecule is Cc1cc(C2CCN(C(=O)CN3CCCCC3)CC2)c(C)cc1Nc1nc(Nc2ccccc2SC(C)C)c2c(C)[nH]nc2n1. The van der Waals surface area contributed by atoms with Crippen molar-refractivity contribution in [2.75, 3.05) is 43.4 Å². The van der Waals surface area contributed by atoms with Crippen LogP contribution in [0.15, 0.2) is 41.3 Å². The zero-order chi connectivity index (χ0) is 31.5. The van der Waals surface area contributed by atoms with E-state index < -0.39 is 0 Å². The highest BCUT2D eigenvalue weighted by atomic mass is 32.2. The molecule has 2 aliphatic heterocycles. The van der Waals surface area contributed by atoms with E-state index in [4.69, 9.17) is 9.97 Å². The largest absolute Gasteiger partial charge is 0.342 e. The van der Waals surface area contributed by atoms with Crippen LogP contribution < -0.4 is 10.6 Å². The highest BCUT2D eigenvalue weighted by molar-refractivity contribution is 8.00. The van der Waals surface area contributed by atoms with Gasteiger partial charge in [-0.3, -0.25) is 14.8 Å². The monoisotopic (exact) mass is 626 g/mol. The molecule has 4 aromatic rings. The van der Waals surface area contributed by atoms with E-state index in [0.717, 1.165) is 72.9 Å². The summed E-state index contributed by atoms with van der Waals surface area (Å²) in [5, 5.41) is 16.0. The van der Waals surface area contributed by atoms with Crippen molar-refractivity contribution < 1.29 is 4.79 Å². The molecule has 0 atom stereocenters. The van der Waals surface area contributed by atoms with Crippen molar-refractivity contribution in [1.82, 2.24) is 30.0 Å². The van der Waals surface area contributed by atoms with Gasteiger partial charge in [-0.15, -0.1) is 11.8 Å². The number of carbonyl (C=O) groups excluding carboxylic acids is 1. The second kappa shape index (κ2) is 13.8. The van der Waals surface area contributed by atoms with Crippen molar-refractivity contribution in [2.45, 2.75) is 82.8 Å². The molecule has 9 nitrogen and oxygen atoms in total. The first-order valence-electron chi connectivity index (χ1n) is 16.4. The summed E-state index contributed by atoms with van der Waals surface area (Å²) in [6.45, 7) is 15.1. The molecule has 238 valence electrons. The van der Waals surface area contributed by atoms with Gasteiger partial charge in [-0.05, 0) is 100 Å². The van der Waals surface area contributed by atoms with Gasteiger partial charge in [0, 0.05) is 34.6 Å². The van der Waals surface area contributed by atoms with E-state index in [1.807, 2.05) is 24.8 Å². The fourth-order valence-electron chi connectivity index (χ4n) is 6.65. The topological polar surface area (TPSA) is 102 Å². The fourth-order valence-corrected chi connectivity index (χ4v) is 7.56. The van der Waals surface area contributed by atoms with Crippen LogP contribution in [0.3, 0.4) is 0 Å². The average molecular weight is 627 g/mol. The lowest BCUT2D eigenvalue weighted by molar-refractivity contribution is -0.133. The van der Waals surface area contributed by atoms with Gasteiger partial charge in [0.15, 0.2) is 5.65 Å². The first kappa shape index (κ1) is 31.4. The van der Waals surface area contributed by atoms with Crippen molar-refractivity contribution in [1.29, 1.82) is 0 Å². The summed E-state index contributed by atoms with van der Waals surface area (Å²) in [6.07, 6.45) is 5.73. The number of likely N-dealkylation sites (tertiary alicyclic amines) is 2. The quantitative estimate of drug-likeness (QED) is 0.165. The summed E-state index contributed by atoms with van der Waals surface area (Å²) in [5.41, 5.74) is 7.31. The van der Waals surface area contributed by atoms with Crippen molar-refractivity contribution >= 4 is 51.8 Å². The van der Waals surface area contributed by atoms with Crippen LogP contribution in [0.25, 0.3) is 11.0 Å². The number of para-hydroxylation sites is 1. The summed E-state index contributed by atoms with van der Waals surface area (Å²) >= 11 is 1.82. The first-order chi connectivity index (χ1) is 21.7. The average Bonchev–Trinajstić information content (AvgIpc) is 3.40. The molecule has 1 amide bonds. The molecular formula is C35H46N8OS. The van der Waals surface area contributed by atoms with Crippen molar-refractivity contribution in [2.24, 2.45) is 0 Å². The predicted molar refractivity (Wildman–Crippen MR) is 185 cm³/mol. The number of aryl methyl sites for hydroxylation is 3. The third-order valence-electron chi connectivity index (χ3n) is 9.05. The Morgan fingerprint density at radius 3 is 2.47 bits per heavy atom. The summed E-state index contributed by atoms with van der Waals surface area (Å²) in [7, 11) is 0. The van der Waals surface area contributed by atoms with Crippen LogP contribution in [0.4, 0.5) is 23.1 Å². The zero-order valence-corrected chi connectivity index (χ0v) is 28.1. The second-order valence-electron chi connectivity index (χ2n) is 12.9. The Hall–Kier alpha value is -3.63. The number of anilines is 4. The van der Waals surface area contributed by atoms with Crippen LogP contribution in [0, 0.1) is 20.8 Å². The van der Waals surface area contributed by atoms with E-state index in [-0.39, 0.29) is 0 Å². The fraction of sp³-hybridized carbons (Fsp3) is 0.486. The van der Waals surface area contributed by atoms with Crippen molar-refractivity contribution in [3.05, 3.63) is 58.8 Å². The van der Waals surface area contributed by atoms with Crippen LogP contribution in [0.2, 0.25) is 0 Å². The van der Waals surface area contributed by atoms with Gasteiger partial charge in [-0.1, -0.05) is 38.5 Å². The molecule has 2 aromatic heterocycles. The maximum Gasteiger partial charge on any atom is 0.236 e. The Morgan fingerprint density at radius 1 is 0.956 bits per heavy atom. The number of hydrogen-bond acceptors (Lipinski definition) is 8. The van der Waals surface area contributed by atoms with Gasteiger partial charge in [0.2, 0.25) is 11.9 Å². The van der Waals surface area contributed by atoms with Crippen LogP contribution in [-0.4, -0.2) is 73.8 Å². The number of hydrogen-bond donors (Lipinski definition) is 3. The number of rotatable bonds is 9. The number of nitrogens with zero attached hydrogens (tertiary/aromatic N) is 5. The molecular weight excluding hydrogens is 581 g/mol. The number of nitrogens with one attached hydrogen (secondary N) is 3. The Labute approximate surface area is 271 Å². The van der Waals surface area contributed by atoms with Gasteiger partial charge in [0.1, 0.15) is 5.82 Å². The minimum absolute atomic E-state index is 0.294. The number of H-pyrrole nitrogens is 1. The third-order valence-corrected chi connectivity index (χ3v) is 10.1. The molecule has 45 heavy (non-hydrogen) atoms. The molecule has 4 heterocycles. The van der Waals surface area contributed by atoms with Crippen LogP contribution in [0.1, 0.15) is 74.3 Å². The lowest BCUT2D eigenvalue weighted by Gasteiger charge is -2.35. The molecule has 6 rings (SSSR count). The van der Waals surface area contributed by atoms with Crippen LogP contribution in [-0.2, 0) is 4.79 Å². The molecule has 2 fully saturated rings. The highest BCUT2D eigenvalue weighted by Gasteiger charge is 2.27. The Bertz CT molecular complexity index is 1650. The number of aromatic nitrogens is 4. The molecule has 2 saturated heterocycles. The summed E-state index contributed by atoms with van der Waals surface area (Å²) < 4.78 is 0. The minimum atomic E-state index is 0.294. The van der Waals surface area contributed by atoms with Crippen molar-refractivity contribution in [3.63, 3.8) is 0 Å². The van der Waals surface area contributed by atoms with Gasteiger partial charge in [-0.2, -0.15) is 15.1 Å². The molecule has 0 spiro atoms. The smallest absolute Gasteiger partial charge is 0.236 e. The number of fused-ring (bicyclic) bond motifs is 1. The van der Waals surface area contributed by atoms with Gasteiger partial charge >= 0.3 is 0 Å². The molecule has 3 N–H and O–H groups in total. The first-order valence-corrected chi connectivity index (χ1v) is 17.3. The van der Waals surface area contributed by atoms with E-state index >= 15 is 0 Å². The Morgan fingerprint density at radius 2 is 1.71 bits per heavy atom. The molecule has 0 radical (unpaired) electrons. The molecule has 10 heteroatoms. The van der Waals surface area contributed by atoms with Gasteiger partial charge in [0.25, 0.3) is 0 Å². The van der Waals surface area contributed by atoms with Crippen LogP contribution >= 0.6 is 11.8 Å². The van der Waals surface area contributed by atoms with E-state index in [2.05, 4.69) is 88.7 Å². The lowest BCUT2D eigenvalue weighted by Crippen LogP contribution is -2.45. The van der Waals surface area contributed by atoms with Gasteiger partial charge in [-0.25, -0.2) is 0 Å². The predicted octanol–water partition coefficient (Wildman–Crippen LogP) is 7.46. The maximum atomic E-state index is 13.0. The summed E-state index contributed by atoms with van der Waals surface area (Å²) in [5.74, 6) is 1.97. The molecule has 2 aromatic carbocycles. The van der Waals surface area contributed by atoms with E-state index in [1.54, 1.807) is 0 Å². The zero-order valence-electron chi connectivity index (χ0n) is 27.2. The molecule has 2 aliphatic rings. The number of benzene rings is 2. The Kier molecular flexibility index (Phi) is 9.61. The molecule has 0 bridgehead atoms. The van der Waals surface area contributed by atoms with Crippen LogP contribution in [0.5, 0.6) is 0 Å². The minimum Gasteiger partial charge on any atom is -0.342 e. The number of amides is 1. The Balaban J connectivity index is 1.17. The number of aromatic amines is 1. The number of thioether (sulfide) groups is 1. The standard InChI is InChI=1S/C35H46N8OS/c1-22(2)45-30-12-8-7-11-28(30)36-33-32-25(5)40-41-34(32)39-35(38-33)37-29-20-23(3)27(19-24(29)4)26-13-17-43(18-14-26)31(44)21-42-15-9-6-10-16-42/h7-8,11-12,19-20,22,26H,6,9-10,13-18,21H2,1-5H3,(H3,36,37,38,39,40,41). The van der Waals surface area contributed by atoms with Gasteiger partial charge < -0.3 is 15.5 Å². The summed E-state index contributed by atoms with van der Waals surface area (Å²) in [4.78, 5) is 28.3. The third kappa shape index (κ3) is 7.28. The number of piperidine rings is 2. The maximum absolute atomic E-state index is 13.0. The van der Waals surface area contributed by atoms with E-state index in [9.17, 15) is 4.79 Å². The van der Waals surface area contributed by atoms with E-state index in [1.165, 1.54) is 35.3 Å². The summed E-state index contributed by atoms with van der Waals surface area (Å²) in [6, 6.07) is 12.8. The highest BCUT2D eigenvalue weighted by Crippen LogP contribution is 2.36. The van der Waals surface area contributed by atoms with E-state index in [0.29, 0.717) is 35.2 Å². The van der Waals surface area contributed by atoms with Gasteiger partial charge in [0.05, 0.1) is 17.6 Å². The van der Waals surface area contributed by atoms with Crippen molar-refractivity contribution in [3.8, 4) is 0 Å². The molecule has 0 unspecified atom stereocenters.